The highest BCUT2D eigenvalue weighted by molar-refractivity contribution is 7.99. The molecule has 1 aliphatic rings. The molecule has 0 spiro atoms. The molecule has 4 heteroatoms. The number of thioether (sulfide) groups is 1. The van der Waals surface area contributed by atoms with Gasteiger partial charge in [-0.1, -0.05) is 0 Å². The van der Waals surface area contributed by atoms with Gasteiger partial charge in [0.25, 0.3) is 0 Å². The normalized spacial score (nSPS) is 18.0. The SMILES string of the molecule is Oc1ccn2c(C3CCSCC3)ncc2c1. The summed E-state index contributed by atoms with van der Waals surface area (Å²) in [5.41, 5.74) is 0.980. The number of nitrogens with zero attached hydrogens (tertiary/aromatic N) is 2. The summed E-state index contributed by atoms with van der Waals surface area (Å²) in [6, 6.07) is 3.48. The Morgan fingerprint density at radius 3 is 3.00 bits per heavy atom. The van der Waals surface area contributed by atoms with Gasteiger partial charge in [-0.2, -0.15) is 11.8 Å². The largest absolute Gasteiger partial charge is 0.508 e. The van der Waals surface area contributed by atoms with Crippen molar-refractivity contribution in [2.75, 3.05) is 11.5 Å². The molecule has 2 aromatic rings. The third-order valence-corrected chi connectivity index (χ3v) is 4.18. The van der Waals surface area contributed by atoms with Gasteiger partial charge in [-0.15, -0.1) is 0 Å². The van der Waals surface area contributed by atoms with Crippen LogP contribution in [0, 0.1) is 0 Å². The Hall–Kier alpha value is -1.16. The van der Waals surface area contributed by atoms with Gasteiger partial charge < -0.3 is 9.51 Å². The van der Waals surface area contributed by atoms with E-state index in [1.54, 1.807) is 12.1 Å². The fourth-order valence-electron chi connectivity index (χ4n) is 2.27. The highest BCUT2D eigenvalue weighted by atomic mass is 32.2. The number of fused-ring (bicyclic) bond motifs is 1. The highest BCUT2D eigenvalue weighted by Gasteiger charge is 2.19. The summed E-state index contributed by atoms with van der Waals surface area (Å²) in [7, 11) is 0. The first-order chi connectivity index (χ1) is 7.84. The van der Waals surface area contributed by atoms with Crippen LogP contribution in [0.1, 0.15) is 24.6 Å². The number of aromatic hydroxyl groups is 1. The molecule has 0 amide bonds. The van der Waals surface area contributed by atoms with Gasteiger partial charge in [0.05, 0.1) is 11.7 Å². The molecule has 0 saturated carbocycles. The molecular weight excluding hydrogens is 220 g/mol. The number of imidazole rings is 1. The first-order valence-corrected chi connectivity index (χ1v) is 6.74. The van der Waals surface area contributed by atoms with Crippen molar-refractivity contribution in [1.82, 2.24) is 9.38 Å². The molecule has 0 atom stereocenters. The van der Waals surface area contributed by atoms with Crippen molar-refractivity contribution >= 4 is 17.3 Å². The number of hydrogen-bond acceptors (Lipinski definition) is 3. The lowest BCUT2D eigenvalue weighted by Gasteiger charge is -2.20. The summed E-state index contributed by atoms with van der Waals surface area (Å²) in [5.74, 6) is 4.50. The lowest BCUT2D eigenvalue weighted by Crippen LogP contribution is -2.11. The van der Waals surface area contributed by atoms with Crippen molar-refractivity contribution in [3.05, 3.63) is 30.4 Å². The van der Waals surface area contributed by atoms with E-state index >= 15 is 0 Å². The van der Waals surface area contributed by atoms with E-state index in [1.807, 2.05) is 24.2 Å². The van der Waals surface area contributed by atoms with Crippen molar-refractivity contribution < 1.29 is 5.11 Å². The highest BCUT2D eigenvalue weighted by Crippen LogP contribution is 2.31. The van der Waals surface area contributed by atoms with E-state index in [-0.39, 0.29) is 0 Å². The van der Waals surface area contributed by atoms with Gasteiger partial charge in [0.2, 0.25) is 0 Å². The third-order valence-electron chi connectivity index (χ3n) is 3.13. The van der Waals surface area contributed by atoms with Crippen LogP contribution in [0.15, 0.2) is 24.5 Å². The Balaban J connectivity index is 2.03. The maximum atomic E-state index is 9.41. The molecular formula is C12H14N2OS. The molecule has 1 saturated heterocycles. The molecule has 16 heavy (non-hydrogen) atoms. The maximum Gasteiger partial charge on any atom is 0.119 e. The summed E-state index contributed by atoms with van der Waals surface area (Å²) in [6.45, 7) is 0. The molecule has 1 aliphatic heterocycles. The predicted molar refractivity (Wildman–Crippen MR) is 66.2 cm³/mol. The molecule has 0 aromatic carbocycles. The van der Waals surface area contributed by atoms with Gasteiger partial charge in [-0.05, 0) is 30.4 Å². The van der Waals surface area contributed by atoms with Crippen molar-refractivity contribution in [2.45, 2.75) is 18.8 Å². The molecule has 84 valence electrons. The second-order valence-corrected chi connectivity index (χ2v) is 5.41. The van der Waals surface area contributed by atoms with Crippen LogP contribution in [-0.4, -0.2) is 26.0 Å². The van der Waals surface area contributed by atoms with E-state index in [1.165, 1.54) is 24.3 Å². The van der Waals surface area contributed by atoms with Crippen LogP contribution in [-0.2, 0) is 0 Å². The fraction of sp³-hybridized carbons (Fsp3) is 0.417. The summed E-state index contributed by atoms with van der Waals surface area (Å²) in [6.07, 6.45) is 6.18. The average Bonchev–Trinajstić information content (AvgIpc) is 2.73. The quantitative estimate of drug-likeness (QED) is 0.824. The van der Waals surface area contributed by atoms with Crippen LogP contribution in [0.2, 0.25) is 0 Å². The average molecular weight is 234 g/mol. The lowest BCUT2D eigenvalue weighted by atomic mass is 10.0. The number of pyridine rings is 1. The summed E-state index contributed by atoms with van der Waals surface area (Å²) in [5, 5.41) is 9.41. The summed E-state index contributed by atoms with van der Waals surface area (Å²) >= 11 is 2.03. The Morgan fingerprint density at radius 2 is 2.19 bits per heavy atom. The molecule has 3 heterocycles. The minimum Gasteiger partial charge on any atom is -0.508 e. The molecule has 3 nitrogen and oxygen atoms in total. The zero-order chi connectivity index (χ0) is 11.0. The molecule has 1 N–H and O–H groups in total. The first-order valence-electron chi connectivity index (χ1n) is 5.58. The molecule has 0 unspecified atom stereocenters. The van der Waals surface area contributed by atoms with E-state index in [2.05, 4.69) is 9.38 Å². The van der Waals surface area contributed by atoms with Gasteiger partial charge in [-0.3, -0.25) is 0 Å². The summed E-state index contributed by atoms with van der Waals surface area (Å²) in [4.78, 5) is 4.50. The van der Waals surface area contributed by atoms with Crippen LogP contribution in [0.3, 0.4) is 0 Å². The molecule has 0 aliphatic carbocycles. The van der Waals surface area contributed by atoms with Crippen LogP contribution < -0.4 is 0 Å². The van der Waals surface area contributed by atoms with E-state index < -0.39 is 0 Å². The van der Waals surface area contributed by atoms with Crippen LogP contribution in [0.5, 0.6) is 5.75 Å². The molecule has 1 fully saturated rings. The minimum atomic E-state index is 0.304. The second-order valence-electron chi connectivity index (χ2n) is 4.18. The van der Waals surface area contributed by atoms with Crippen molar-refractivity contribution in [1.29, 1.82) is 0 Å². The molecule has 3 rings (SSSR count). The number of hydrogen-bond donors (Lipinski definition) is 1. The van der Waals surface area contributed by atoms with Crippen LogP contribution in [0.25, 0.3) is 5.52 Å². The smallest absolute Gasteiger partial charge is 0.119 e. The van der Waals surface area contributed by atoms with Crippen LogP contribution >= 0.6 is 11.8 Å². The minimum absolute atomic E-state index is 0.304. The van der Waals surface area contributed by atoms with E-state index in [4.69, 9.17) is 0 Å². The fourth-order valence-corrected chi connectivity index (χ4v) is 3.37. The van der Waals surface area contributed by atoms with Crippen LogP contribution in [0.4, 0.5) is 0 Å². The number of rotatable bonds is 1. The second kappa shape index (κ2) is 4.01. The number of aromatic nitrogens is 2. The first kappa shape index (κ1) is 10.0. The van der Waals surface area contributed by atoms with Gasteiger partial charge in [0, 0.05) is 18.2 Å². The van der Waals surface area contributed by atoms with Crippen molar-refractivity contribution in [3.63, 3.8) is 0 Å². The van der Waals surface area contributed by atoms with Gasteiger partial charge in [0.1, 0.15) is 11.6 Å². The summed E-state index contributed by atoms with van der Waals surface area (Å²) < 4.78 is 2.10. The monoisotopic (exact) mass is 234 g/mol. The molecule has 0 bridgehead atoms. The van der Waals surface area contributed by atoms with Gasteiger partial charge in [0.15, 0.2) is 0 Å². The van der Waals surface area contributed by atoms with E-state index in [9.17, 15) is 5.11 Å². The Morgan fingerprint density at radius 1 is 1.38 bits per heavy atom. The van der Waals surface area contributed by atoms with Gasteiger partial charge >= 0.3 is 0 Å². The van der Waals surface area contributed by atoms with E-state index in [0.717, 1.165) is 11.3 Å². The lowest BCUT2D eigenvalue weighted by molar-refractivity contribution is 0.475. The third kappa shape index (κ3) is 1.67. The Bertz CT molecular complexity index is 503. The standard InChI is InChI=1S/C12H14N2OS/c15-11-1-4-14-10(7-11)8-13-12(14)9-2-5-16-6-3-9/h1,4,7-9,15H,2-3,5-6H2. The van der Waals surface area contributed by atoms with E-state index in [0.29, 0.717) is 11.7 Å². The van der Waals surface area contributed by atoms with Crippen molar-refractivity contribution in [3.8, 4) is 5.75 Å². The Labute approximate surface area is 98.5 Å². The Kier molecular flexibility index (Phi) is 2.52. The van der Waals surface area contributed by atoms with Gasteiger partial charge in [-0.25, -0.2) is 4.98 Å². The predicted octanol–water partition coefficient (Wildman–Crippen LogP) is 2.65. The zero-order valence-corrected chi connectivity index (χ0v) is 9.78. The zero-order valence-electron chi connectivity index (χ0n) is 8.97. The maximum absolute atomic E-state index is 9.41. The van der Waals surface area contributed by atoms with Crippen molar-refractivity contribution in [2.24, 2.45) is 0 Å². The topological polar surface area (TPSA) is 37.5 Å². The molecule has 2 aromatic heterocycles. The molecule has 0 radical (unpaired) electrons.